The van der Waals surface area contributed by atoms with E-state index in [9.17, 15) is 9.59 Å². The Kier molecular flexibility index (Phi) is 5.54. The van der Waals surface area contributed by atoms with Crippen LogP contribution in [-0.2, 0) is 14.3 Å². The van der Waals surface area contributed by atoms with Crippen LogP contribution in [-0.4, -0.2) is 44.4 Å². The molecule has 0 saturated carbocycles. The Morgan fingerprint density at radius 2 is 2.04 bits per heavy atom. The van der Waals surface area contributed by atoms with Gasteiger partial charge in [-0.25, -0.2) is 4.79 Å². The quantitative estimate of drug-likeness (QED) is 0.141. The minimum atomic E-state index is -2.17. The highest BCUT2D eigenvalue weighted by molar-refractivity contribution is 6.80. The third-order valence-electron chi connectivity index (χ3n) is 5.45. The Balaban J connectivity index is 3.10. The molecule has 1 fully saturated rings. The number of β-lactam (4-membered cyclic amide) rings is 1. The summed E-state index contributed by atoms with van der Waals surface area (Å²) in [6, 6.07) is -0.549. The van der Waals surface area contributed by atoms with Gasteiger partial charge in [-0.1, -0.05) is 39.0 Å². The average molecular weight is 341 g/mol. The fourth-order valence-electron chi connectivity index (χ4n) is 2.95. The van der Waals surface area contributed by atoms with Gasteiger partial charge in [0.05, 0.1) is 12.5 Å². The highest BCUT2D eigenvalue weighted by Gasteiger charge is 2.66. The molecule has 0 aromatic rings. The number of hydrogen-bond donors (Lipinski definition) is 0. The second-order valence-corrected chi connectivity index (χ2v) is 13.0. The number of carbonyl (C=O) groups excluding carboxylic acids is 2. The third-order valence-corrected chi connectivity index (χ3v) is 10.8. The maximum atomic E-state index is 12.9. The molecule has 0 aromatic carbocycles. The van der Waals surface area contributed by atoms with E-state index in [4.69, 9.17) is 10.3 Å². The van der Waals surface area contributed by atoms with Crippen molar-refractivity contribution < 1.29 is 14.3 Å². The van der Waals surface area contributed by atoms with Gasteiger partial charge >= 0.3 is 5.97 Å². The molecule has 1 rings (SSSR count). The summed E-state index contributed by atoms with van der Waals surface area (Å²) in [5.41, 5.74) is 7.58. The first kappa shape index (κ1) is 19.5. The van der Waals surface area contributed by atoms with Gasteiger partial charge < -0.3 is 9.30 Å². The summed E-state index contributed by atoms with van der Waals surface area (Å²) in [5, 5.41) is 3.45. The highest BCUT2D eigenvalue weighted by Crippen LogP contribution is 2.51. The second-order valence-electron chi connectivity index (χ2n) is 7.89. The van der Waals surface area contributed by atoms with Crippen LogP contribution in [0.25, 0.3) is 10.4 Å². The number of esters is 1. The molecule has 130 valence electrons. The second kappa shape index (κ2) is 6.53. The van der Waals surface area contributed by atoms with E-state index < -0.39 is 19.7 Å². The molecule has 2 unspecified atom stereocenters. The van der Waals surface area contributed by atoms with Gasteiger partial charge in [-0.3, -0.25) is 4.79 Å². The van der Waals surface area contributed by atoms with Crippen LogP contribution in [0.15, 0.2) is 5.11 Å². The highest BCUT2D eigenvalue weighted by atomic mass is 28.3. The first-order chi connectivity index (χ1) is 10.4. The minimum Gasteiger partial charge on any atom is -0.467 e. The number of carbonyl (C=O) groups is 2. The fourth-order valence-corrected chi connectivity index (χ4v) is 5.47. The van der Waals surface area contributed by atoms with Crippen LogP contribution >= 0.6 is 0 Å². The summed E-state index contributed by atoms with van der Waals surface area (Å²) >= 11 is 0. The Bertz CT molecular complexity index is 537. The van der Waals surface area contributed by atoms with Crippen molar-refractivity contribution in [3.63, 3.8) is 0 Å². The lowest BCUT2D eigenvalue weighted by molar-refractivity contribution is -0.177. The zero-order chi connectivity index (χ0) is 18.1. The Morgan fingerprint density at radius 1 is 1.48 bits per heavy atom. The Labute approximate surface area is 139 Å². The normalized spacial score (nSPS) is 24.7. The number of methoxy groups -OCH3 is 1. The number of nitrogens with zero attached hydrogens (tertiary/aromatic N) is 4. The molecule has 0 aliphatic carbocycles. The molecule has 8 heteroatoms. The third kappa shape index (κ3) is 3.23. The Hall–Kier alpha value is -1.53. The lowest BCUT2D eigenvalue weighted by Crippen LogP contribution is -2.79. The summed E-state index contributed by atoms with van der Waals surface area (Å²) in [6.07, 6.45) is 1.08. The van der Waals surface area contributed by atoms with Gasteiger partial charge in [-0.05, 0) is 30.3 Å². The topological polar surface area (TPSA) is 95.4 Å². The van der Waals surface area contributed by atoms with Crippen LogP contribution in [0.5, 0.6) is 0 Å². The van der Waals surface area contributed by atoms with E-state index in [1.807, 2.05) is 6.92 Å². The van der Waals surface area contributed by atoms with Gasteiger partial charge in [-0.15, -0.1) is 0 Å². The lowest BCUT2D eigenvalue weighted by Gasteiger charge is -2.61. The first-order valence-corrected chi connectivity index (χ1v) is 10.8. The number of rotatable bonds is 6. The lowest BCUT2D eigenvalue weighted by atomic mass is 9.71. The van der Waals surface area contributed by atoms with Crippen molar-refractivity contribution in [2.75, 3.05) is 13.7 Å². The van der Waals surface area contributed by atoms with Gasteiger partial charge in [0.1, 0.15) is 6.04 Å². The Morgan fingerprint density at radius 3 is 2.48 bits per heavy atom. The first-order valence-electron chi connectivity index (χ1n) is 7.87. The van der Waals surface area contributed by atoms with E-state index in [1.165, 1.54) is 7.11 Å². The van der Waals surface area contributed by atoms with Crippen LogP contribution in [0, 0.1) is 5.41 Å². The van der Waals surface area contributed by atoms with E-state index in [-0.39, 0.29) is 16.9 Å². The number of amides is 1. The molecular weight excluding hydrogens is 312 g/mol. The van der Waals surface area contributed by atoms with Crippen LogP contribution in [0.4, 0.5) is 0 Å². The molecule has 2 atom stereocenters. The van der Waals surface area contributed by atoms with Gasteiger partial charge in [0.2, 0.25) is 5.91 Å². The van der Waals surface area contributed by atoms with E-state index in [1.54, 1.807) is 4.57 Å². The monoisotopic (exact) mass is 340 g/mol. The van der Waals surface area contributed by atoms with Gasteiger partial charge in [-0.2, -0.15) is 0 Å². The van der Waals surface area contributed by atoms with E-state index in [0.29, 0.717) is 19.4 Å². The molecule has 1 aliphatic heterocycles. The fraction of sp³-hybridized carbons (Fsp3) is 0.867. The summed E-state index contributed by atoms with van der Waals surface area (Å²) in [7, 11) is -0.812. The van der Waals surface area contributed by atoms with Gasteiger partial charge in [0, 0.05) is 11.5 Å². The van der Waals surface area contributed by atoms with Crippen LogP contribution in [0.2, 0.25) is 18.1 Å². The van der Waals surface area contributed by atoms with E-state index in [0.717, 1.165) is 0 Å². The molecule has 1 heterocycles. The van der Waals surface area contributed by atoms with Crippen molar-refractivity contribution in [3.8, 4) is 0 Å². The minimum absolute atomic E-state index is 0.0143. The van der Waals surface area contributed by atoms with Gasteiger partial charge in [0.25, 0.3) is 0 Å². The summed E-state index contributed by atoms with van der Waals surface area (Å²) < 4.78 is 6.77. The molecule has 0 bridgehead atoms. The molecule has 0 aromatic heterocycles. The molecule has 1 saturated heterocycles. The largest absolute Gasteiger partial charge is 0.467 e. The van der Waals surface area contributed by atoms with Gasteiger partial charge in [0.15, 0.2) is 8.24 Å². The SMILES string of the molecule is COC(=O)C1N([Si](C)(C)C(C)(C)C)C(=O)C1(C)CCCN=[N+]=[N-]. The maximum absolute atomic E-state index is 12.9. The number of azide groups is 1. The predicted octanol–water partition coefficient (Wildman–Crippen LogP) is 3.47. The molecule has 0 spiro atoms. The zero-order valence-electron chi connectivity index (χ0n) is 15.2. The molecule has 0 radical (unpaired) electrons. The molecule has 23 heavy (non-hydrogen) atoms. The smallest absolute Gasteiger partial charge is 0.328 e. The molecular formula is C15H28N4O3Si. The van der Waals surface area contributed by atoms with Crippen molar-refractivity contribution in [1.82, 2.24) is 4.57 Å². The molecule has 7 nitrogen and oxygen atoms in total. The van der Waals surface area contributed by atoms with E-state index >= 15 is 0 Å². The van der Waals surface area contributed by atoms with Crippen molar-refractivity contribution in [1.29, 1.82) is 0 Å². The predicted molar refractivity (Wildman–Crippen MR) is 91.2 cm³/mol. The maximum Gasteiger partial charge on any atom is 0.328 e. The standard InChI is InChI=1S/C15H28N4O3Si/c1-14(2,3)23(6,7)19-11(12(20)22-5)15(4,13(19)21)9-8-10-17-18-16/h11H,8-10H2,1-7H3. The molecule has 0 N–H and O–H groups in total. The van der Waals surface area contributed by atoms with Crippen molar-refractivity contribution in [2.45, 2.75) is 64.7 Å². The zero-order valence-corrected chi connectivity index (χ0v) is 16.2. The number of ether oxygens (including phenoxy) is 1. The molecule has 1 amide bonds. The summed E-state index contributed by atoms with van der Waals surface area (Å²) in [6.45, 7) is 12.7. The van der Waals surface area contributed by atoms with E-state index in [2.05, 4.69) is 43.9 Å². The van der Waals surface area contributed by atoms with Crippen molar-refractivity contribution in [3.05, 3.63) is 10.4 Å². The summed E-state index contributed by atoms with van der Waals surface area (Å²) in [5.74, 6) is -0.346. The number of hydrogen-bond acceptors (Lipinski definition) is 4. The molecule has 1 aliphatic rings. The summed E-state index contributed by atoms with van der Waals surface area (Å²) in [4.78, 5) is 28.0. The van der Waals surface area contributed by atoms with Crippen molar-refractivity contribution >= 4 is 20.1 Å². The van der Waals surface area contributed by atoms with Crippen LogP contribution in [0.3, 0.4) is 0 Å². The van der Waals surface area contributed by atoms with Crippen molar-refractivity contribution in [2.24, 2.45) is 10.5 Å². The average Bonchev–Trinajstić information content (AvgIpc) is 2.46. The van der Waals surface area contributed by atoms with Crippen LogP contribution < -0.4 is 0 Å². The van der Waals surface area contributed by atoms with Crippen LogP contribution in [0.1, 0.15) is 40.5 Å².